The van der Waals surface area contributed by atoms with E-state index in [1.54, 1.807) is 11.3 Å². The van der Waals surface area contributed by atoms with Gasteiger partial charge in [-0.15, -0.1) is 11.3 Å². The molecule has 1 fully saturated rings. The van der Waals surface area contributed by atoms with E-state index in [1.807, 2.05) is 17.5 Å². The number of urea groups is 1. The van der Waals surface area contributed by atoms with Crippen LogP contribution in [0.1, 0.15) is 24.1 Å². The lowest BCUT2D eigenvalue weighted by Gasteiger charge is -2.16. The summed E-state index contributed by atoms with van der Waals surface area (Å²) < 4.78 is 0. The topological polar surface area (TPSA) is 78.4 Å². The van der Waals surface area contributed by atoms with E-state index in [0.29, 0.717) is 13.1 Å². The molecule has 2 unspecified atom stereocenters. The minimum Gasteiger partial charge on any atom is -0.481 e. The van der Waals surface area contributed by atoms with Gasteiger partial charge in [0.25, 0.3) is 0 Å². The van der Waals surface area contributed by atoms with Crippen LogP contribution in [0.15, 0.2) is 17.5 Å². The predicted molar refractivity (Wildman–Crippen MR) is 73.0 cm³/mol. The highest BCUT2D eigenvalue weighted by Crippen LogP contribution is 2.31. The molecular weight excluding hydrogens is 264 g/mol. The van der Waals surface area contributed by atoms with Crippen LogP contribution in [-0.2, 0) is 11.3 Å². The Morgan fingerprint density at radius 3 is 2.89 bits per heavy atom. The smallest absolute Gasteiger partial charge is 0.315 e. The Hall–Kier alpha value is -1.56. The lowest BCUT2D eigenvalue weighted by molar-refractivity contribution is -0.142. The first-order valence-corrected chi connectivity index (χ1v) is 7.31. The quantitative estimate of drug-likeness (QED) is 0.773. The molecule has 3 N–H and O–H groups in total. The van der Waals surface area contributed by atoms with Crippen molar-refractivity contribution >= 4 is 23.3 Å². The maximum absolute atomic E-state index is 11.6. The van der Waals surface area contributed by atoms with E-state index in [0.717, 1.165) is 24.1 Å². The zero-order valence-electron chi connectivity index (χ0n) is 10.6. The average molecular weight is 282 g/mol. The third-order valence-corrected chi connectivity index (χ3v) is 4.38. The summed E-state index contributed by atoms with van der Waals surface area (Å²) in [7, 11) is 0. The largest absolute Gasteiger partial charge is 0.481 e. The molecule has 2 rings (SSSR count). The maximum atomic E-state index is 11.6. The van der Waals surface area contributed by atoms with Crippen molar-refractivity contribution in [1.29, 1.82) is 0 Å². The van der Waals surface area contributed by atoms with Gasteiger partial charge in [0.2, 0.25) is 0 Å². The lowest BCUT2D eigenvalue weighted by atomic mass is 9.96. The molecule has 0 aliphatic heterocycles. The number of carbonyl (C=O) groups excluding carboxylic acids is 1. The van der Waals surface area contributed by atoms with Crippen molar-refractivity contribution in [3.05, 3.63) is 22.4 Å². The summed E-state index contributed by atoms with van der Waals surface area (Å²) in [6.45, 7) is 0.948. The molecule has 5 nitrogen and oxygen atoms in total. The number of carboxylic acids is 1. The SMILES string of the molecule is O=C(NCc1cccs1)NCC1CCCC1C(=O)O. The number of carboxylic acid groups (broad SMARTS) is 1. The van der Waals surface area contributed by atoms with E-state index in [-0.39, 0.29) is 17.9 Å². The highest BCUT2D eigenvalue weighted by atomic mass is 32.1. The fourth-order valence-corrected chi connectivity index (χ4v) is 3.12. The molecule has 0 aromatic carbocycles. The standard InChI is InChI=1S/C13H18N2O3S/c16-12(17)11-5-1-3-9(11)7-14-13(18)15-8-10-4-2-6-19-10/h2,4,6,9,11H,1,3,5,7-8H2,(H,16,17)(H2,14,15,18). The Morgan fingerprint density at radius 2 is 2.21 bits per heavy atom. The number of thiophene rings is 1. The summed E-state index contributed by atoms with van der Waals surface area (Å²) in [4.78, 5) is 23.7. The van der Waals surface area contributed by atoms with Crippen LogP contribution >= 0.6 is 11.3 Å². The van der Waals surface area contributed by atoms with Gasteiger partial charge < -0.3 is 15.7 Å². The van der Waals surface area contributed by atoms with Gasteiger partial charge >= 0.3 is 12.0 Å². The molecule has 1 aromatic rings. The number of hydrogen-bond donors (Lipinski definition) is 3. The van der Waals surface area contributed by atoms with Gasteiger partial charge in [0.15, 0.2) is 0 Å². The summed E-state index contributed by atoms with van der Waals surface area (Å²) >= 11 is 1.59. The first-order chi connectivity index (χ1) is 9.16. The Balaban J connectivity index is 1.70. The average Bonchev–Trinajstić information content (AvgIpc) is 3.04. The number of nitrogens with one attached hydrogen (secondary N) is 2. The van der Waals surface area contributed by atoms with Crippen molar-refractivity contribution < 1.29 is 14.7 Å². The molecule has 6 heteroatoms. The van der Waals surface area contributed by atoms with Gasteiger partial charge in [-0.3, -0.25) is 4.79 Å². The number of rotatable bonds is 5. The monoisotopic (exact) mass is 282 g/mol. The van der Waals surface area contributed by atoms with Crippen LogP contribution in [0.4, 0.5) is 4.79 Å². The molecule has 0 saturated heterocycles. The fraction of sp³-hybridized carbons (Fsp3) is 0.538. The molecule has 1 aliphatic rings. The van der Waals surface area contributed by atoms with E-state index >= 15 is 0 Å². The van der Waals surface area contributed by atoms with Gasteiger partial charge in [-0.05, 0) is 30.2 Å². The van der Waals surface area contributed by atoms with Crippen LogP contribution in [0, 0.1) is 11.8 Å². The summed E-state index contributed by atoms with van der Waals surface area (Å²) in [6, 6.07) is 3.67. The van der Waals surface area contributed by atoms with Crippen molar-refractivity contribution in [3.63, 3.8) is 0 Å². The van der Waals surface area contributed by atoms with E-state index in [9.17, 15) is 9.59 Å². The van der Waals surface area contributed by atoms with Gasteiger partial charge in [0, 0.05) is 11.4 Å². The minimum atomic E-state index is -0.747. The first-order valence-electron chi connectivity index (χ1n) is 6.43. The van der Waals surface area contributed by atoms with Gasteiger partial charge in [-0.2, -0.15) is 0 Å². The molecule has 1 heterocycles. The Labute approximate surface area is 116 Å². The van der Waals surface area contributed by atoms with Gasteiger partial charge in [-0.1, -0.05) is 12.5 Å². The number of hydrogen-bond acceptors (Lipinski definition) is 3. The third kappa shape index (κ3) is 3.96. The fourth-order valence-electron chi connectivity index (χ4n) is 2.47. The highest BCUT2D eigenvalue weighted by Gasteiger charge is 2.32. The molecular formula is C13H18N2O3S. The van der Waals surface area contributed by atoms with Crippen LogP contribution in [0.3, 0.4) is 0 Å². The molecule has 1 aliphatic carbocycles. The zero-order valence-corrected chi connectivity index (χ0v) is 11.4. The summed E-state index contributed by atoms with van der Waals surface area (Å²) in [5, 5.41) is 16.5. The van der Waals surface area contributed by atoms with E-state index in [2.05, 4.69) is 10.6 Å². The van der Waals surface area contributed by atoms with E-state index in [1.165, 1.54) is 0 Å². The second kappa shape index (κ2) is 6.56. The molecule has 1 saturated carbocycles. The molecule has 0 spiro atoms. The van der Waals surface area contributed by atoms with Crippen LogP contribution in [0.25, 0.3) is 0 Å². The normalized spacial score (nSPS) is 22.1. The van der Waals surface area contributed by atoms with Gasteiger partial charge in [0.05, 0.1) is 12.5 Å². The highest BCUT2D eigenvalue weighted by molar-refractivity contribution is 7.09. The van der Waals surface area contributed by atoms with E-state index < -0.39 is 5.97 Å². The minimum absolute atomic E-state index is 0.0602. The predicted octanol–water partition coefficient (Wildman–Crippen LogP) is 2.05. The van der Waals surface area contributed by atoms with Gasteiger partial charge in [-0.25, -0.2) is 4.79 Å². The second-order valence-electron chi connectivity index (χ2n) is 4.78. The van der Waals surface area contributed by atoms with Crippen molar-refractivity contribution in [2.75, 3.05) is 6.54 Å². The molecule has 2 atom stereocenters. The van der Waals surface area contributed by atoms with Gasteiger partial charge in [0.1, 0.15) is 0 Å². The zero-order chi connectivity index (χ0) is 13.7. The van der Waals surface area contributed by atoms with Crippen LogP contribution in [0.2, 0.25) is 0 Å². The van der Waals surface area contributed by atoms with Crippen molar-refractivity contribution in [1.82, 2.24) is 10.6 Å². The summed E-state index contributed by atoms with van der Waals surface area (Å²) in [5.41, 5.74) is 0. The molecule has 1 aromatic heterocycles. The summed E-state index contributed by atoms with van der Waals surface area (Å²) in [6.07, 6.45) is 2.53. The lowest BCUT2D eigenvalue weighted by Crippen LogP contribution is -2.39. The second-order valence-corrected chi connectivity index (χ2v) is 5.81. The van der Waals surface area contributed by atoms with Crippen LogP contribution in [-0.4, -0.2) is 23.7 Å². The number of amides is 2. The first kappa shape index (κ1) is 13.9. The Kier molecular flexibility index (Phi) is 4.79. The molecule has 0 radical (unpaired) electrons. The maximum Gasteiger partial charge on any atom is 0.315 e. The van der Waals surface area contributed by atoms with E-state index in [4.69, 9.17) is 5.11 Å². The molecule has 0 bridgehead atoms. The Bertz CT molecular complexity index is 433. The summed E-state index contributed by atoms with van der Waals surface area (Å²) in [5.74, 6) is -0.995. The Morgan fingerprint density at radius 1 is 1.37 bits per heavy atom. The number of aliphatic carboxylic acids is 1. The van der Waals surface area contributed by atoms with Crippen molar-refractivity contribution in [2.45, 2.75) is 25.8 Å². The molecule has 104 valence electrons. The van der Waals surface area contributed by atoms with Crippen molar-refractivity contribution in [2.24, 2.45) is 11.8 Å². The van der Waals surface area contributed by atoms with Crippen molar-refractivity contribution in [3.8, 4) is 0 Å². The molecule has 2 amide bonds. The third-order valence-electron chi connectivity index (χ3n) is 3.50. The number of carbonyl (C=O) groups is 2. The van der Waals surface area contributed by atoms with Crippen LogP contribution < -0.4 is 10.6 Å². The molecule has 19 heavy (non-hydrogen) atoms. The van der Waals surface area contributed by atoms with Crippen LogP contribution in [0.5, 0.6) is 0 Å².